The minimum Gasteiger partial charge on any atom is -0.497 e. The number of nitrogens with zero attached hydrogens (tertiary/aromatic N) is 2. The van der Waals surface area contributed by atoms with Gasteiger partial charge in [0.05, 0.1) is 24.9 Å². The number of carbonyl (C=O) groups excluding carboxylic acids is 4. The normalized spacial score (nSPS) is 19.7. The molecule has 2 aromatic rings. The summed E-state index contributed by atoms with van der Waals surface area (Å²) in [6.45, 7) is 11.3. The third-order valence-electron chi connectivity index (χ3n) is 10.0. The van der Waals surface area contributed by atoms with Crippen LogP contribution in [-0.4, -0.2) is 82.4 Å². The van der Waals surface area contributed by atoms with E-state index < -0.39 is 41.7 Å². The van der Waals surface area contributed by atoms with E-state index in [-0.39, 0.29) is 36.1 Å². The van der Waals surface area contributed by atoms with E-state index in [1.165, 1.54) is 16.8 Å². The van der Waals surface area contributed by atoms with Gasteiger partial charge in [-0.3, -0.25) is 19.1 Å². The fourth-order valence-corrected chi connectivity index (χ4v) is 7.37. The number of fused-ring (bicyclic) bond motifs is 1. The Balaban J connectivity index is 1.39. The molecular formula is C41H59N5O7S. The third kappa shape index (κ3) is 11.3. The van der Waals surface area contributed by atoms with Crippen molar-refractivity contribution < 1.29 is 33.4 Å². The molecule has 3 unspecified atom stereocenters. The molecule has 3 fully saturated rings. The number of ether oxygens (including phenoxy) is 3. The Morgan fingerprint density at radius 3 is 2.52 bits per heavy atom. The topological polar surface area (TPSA) is 148 Å². The Labute approximate surface area is 324 Å². The van der Waals surface area contributed by atoms with Crippen LogP contribution in [0.4, 0.5) is 4.79 Å². The van der Waals surface area contributed by atoms with Crippen LogP contribution in [0.1, 0.15) is 123 Å². The molecule has 2 heterocycles. The van der Waals surface area contributed by atoms with Crippen LogP contribution in [0.5, 0.6) is 11.5 Å². The Morgan fingerprint density at radius 1 is 1.11 bits per heavy atom. The molecule has 1 saturated heterocycles. The Kier molecular flexibility index (Phi) is 13.8. The molecule has 4 amide bonds. The van der Waals surface area contributed by atoms with Gasteiger partial charge in [0, 0.05) is 28.0 Å². The number of aromatic nitrogens is 1. The lowest BCUT2D eigenvalue weighted by Crippen LogP contribution is -2.53. The Morgan fingerprint density at radius 2 is 1.87 bits per heavy atom. The number of methoxy groups -OCH3 is 1. The van der Waals surface area contributed by atoms with E-state index in [1.807, 2.05) is 24.3 Å². The van der Waals surface area contributed by atoms with Gasteiger partial charge in [-0.2, -0.15) is 0 Å². The first-order chi connectivity index (χ1) is 25.7. The number of unbranched alkanes of at least 4 members (excludes halogenated alkanes) is 3. The highest BCUT2D eigenvalue weighted by atomic mass is 32.2. The molecule has 12 nitrogen and oxygen atoms in total. The van der Waals surface area contributed by atoms with Crippen molar-refractivity contribution in [1.82, 2.24) is 25.2 Å². The van der Waals surface area contributed by atoms with Crippen molar-refractivity contribution in [2.75, 3.05) is 20.2 Å². The summed E-state index contributed by atoms with van der Waals surface area (Å²) in [7, 11) is 1.63. The number of pyridine rings is 1. The van der Waals surface area contributed by atoms with Crippen LogP contribution >= 0.6 is 11.9 Å². The predicted molar refractivity (Wildman–Crippen MR) is 212 cm³/mol. The first-order valence-electron chi connectivity index (χ1n) is 19.6. The van der Waals surface area contributed by atoms with Crippen LogP contribution in [0.2, 0.25) is 0 Å². The maximum Gasteiger partial charge on any atom is 0.408 e. The number of likely N-dealkylation sites (tertiary alicyclic amines) is 1. The van der Waals surface area contributed by atoms with E-state index in [0.717, 1.165) is 79.3 Å². The zero-order valence-corrected chi connectivity index (χ0v) is 33.9. The van der Waals surface area contributed by atoms with E-state index in [0.29, 0.717) is 18.6 Å². The Bertz CT molecular complexity index is 1700. The molecule has 2 aliphatic carbocycles. The van der Waals surface area contributed by atoms with Crippen molar-refractivity contribution >= 4 is 46.7 Å². The van der Waals surface area contributed by atoms with Crippen molar-refractivity contribution in [3.8, 4) is 11.5 Å². The molecule has 296 valence electrons. The number of alkyl carbamates (subject to hydrolysis) is 1. The molecule has 5 rings (SSSR count). The monoisotopic (exact) mass is 765 g/mol. The highest BCUT2D eigenvalue weighted by Gasteiger charge is 2.44. The molecule has 2 saturated carbocycles. The first-order valence-corrected chi connectivity index (χ1v) is 20.4. The Hall–Kier alpha value is -4.00. The molecule has 0 spiro atoms. The number of aryl methyl sites for hydroxylation is 1. The molecule has 1 aromatic carbocycles. The van der Waals surface area contributed by atoms with Gasteiger partial charge < -0.3 is 29.7 Å². The summed E-state index contributed by atoms with van der Waals surface area (Å²) in [6, 6.07) is 4.07. The number of amides is 4. The molecule has 0 radical (unpaired) electrons. The van der Waals surface area contributed by atoms with Gasteiger partial charge in [-0.25, -0.2) is 9.78 Å². The SMILES string of the molecule is CCCCC/C=C\CC(NC(=O)C1CC(Oc2c(C3CC3)nc3ccc(OC)cc3c2CC)CN1C(=O)CNC(=O)OC(C)(C)C)C(=O)NSC1(C)CC1. The quantitative estimate of drug-likeness (QED) is 0.0839. The number of hydrogen-bond acceptors (Lipinski definition) is 9. The minimum absolute atomic E-state index is 0.0139. The summed E-state index contributed by atoms with van der Waals surface area (Å²) < 4.78 is 20.7. The molecule has 54 heavy (non-hydrogen) atoms. The van der Waals surface area contributed by atoms with Crippen LogP contribution in [0.15, 0.2) is 30.4 Å². The number of nitrogens with one attached hydrogen (secondary N) is 3. The molecule has 3 atom stereocenters. The van der Waals surface area contributed by atoms with E-state index >= 15 is 0 Å². The number of rotatable bonds is 18. The molecule has 3 N–H and O–H groups in total. The van der Waals surface area contributed by atoms with Gasteiger partial charge in [0.1, 0.15) is 41.8 Å². The van der Waals surface area contributed by atoms with E-state index in [9.17, 15) is 19.2 Å². The van der Waals surface area contributed by atoms with Gasteiger partial charge in [0.15, 0.2) is 0 Å². The lowest BCUT2D eigenvalue weighted by Gasteiger charge is -2.26. The third-order valence-corrected chi connectivity index (χ3v) is 11.2. The van der Waals surface area contributed by atoms with Gasteiger partial charge >= 0.3 is 6.09 Å². The van der Waals surface area contributed by atoms with E-state index in [1.54, 1.807) is 27.9 Å². The number of hydrogen-bond donors (Lipinski definition) is 3. The van der Waals surface area contributed by atoms with Crippen molar-refractivity contribution in [1.29, 1.82) is 0 Å². The van der Waals surface area contributed by atoms with Crippen molar-refractivity contribution in [3.05, 3.63) is 41.6 Å². The first kappa shape index (κ1) is 41.2. The number of carbonyl (C=O) groups is 4. The van der Waals surface area contributed by atoms with Crippen molar-refractivity contribution in [2.24, 2.45) is 0 Å². The van der Waals surface area contributed by atoms with Gasteiger partial charge in [0.25, 0.3) is 5.91 Å². The zero-order chi connectivity index (χ0) is 39.0. The van der Waals surface area contributed by atoms with E-state index in [2.05, 4.69) is 42.2 Å². The molecule has 13 heteroatoms. The second kappa shape index (κ2) is 18.1. The van der Waals surface area contributed by atoms with Crippen molar-refractivity contribution in [2.45, 2.75) is 147 Å². The zero-order valence-electron chi connectivity index (χ0n) is 33.0. The molecular weight excluding hydrogens is 707 g/mol. The molecule has 3 aliphatic rings. The highest BCUT2D eigenvalue weighted by Crippen LogP contribution is 2.47. The van der Waals surface area contributed by atoms with E-state index in [4.69, 9.17) is 19.2 Å². The fourth-order valence-electron chi connectivity index (χ4n) is 6.58. The maximum absolute atomic E-state index is 14.2. The maximum atomic E-state index is 14.2. The average molecular weight is 766 g/mol. The molecule has 0 bridgehead atoms. The van der Waals surface area contributed by atoms with Gasteiger partial charge in [-0.1, -0.05) is 38.8 Å². The fraction of sp³-hybridized carbons (Fsp3) is 0.634. The van der Waals surface area contributed by atoms with Crippen molar-refractivity contribution in [3.63, 3.8) is 0 Å². The van der Waals surface area contributed by atoms with Crippen LogP contribution in [-0.2, 0) is 25.5 Å². The number of allylic oxidation sites excluding steroid dienone is 1. The van der Waals surface area contributed by atoms with Gasteiger partial charge in [-0.15, -0.1) is 0 Å². The van der Waals surface area contributed by atoms with Crippen LogP contribution < -0.4 is 24.8 Å². The summed E-state index contributed by atoms with van der Waals surface area (Å²) in [6.07, 6.45) is 12.2. The second-order valence-corrected chi connectivity index (χ2v) is 17.4. The molecule has 1 aromatic heterocycles. The lowest BCUT2D eigenvalue weighted by atomic mass is 10.0. The molecule has 1 aliphatic heterocycles. The standard InChI is InChI=1S/C41H59N5O7S/c1-8-10-11-12-13-14-15-32(37(48)45-54-41(6)20-21-41)44-38(49)33-23-28(25-46(33)34(47)24-42-39(50)53-40(3,4)5)52-36-29(9-2)30-22-27(51-7)18-19-31(30)43-35(36)26-16-17-26/h13-14,18-19,22,26,28,32-33H,8-12,15-17,20-21,23-25H2,1-7H3,(H,42,50)(H,44,49)(H,45,48)/b14-13-. The summed E-state index contributed by atoms with van der Waals surface area (Å²) in [5.74, 6) is 0.499. The smallest absolute Gasteiger partial charge is 0.408 e. The van der Waals surface area contributed by atoms with Gasteiger partial charge in [0.2, 0.25) is 11.8 Å². The minimum atomic E-state index is -0.941. The predicted octanol–water partition coefficient (Wildman–Crippen LogP) is 6.88. The van der Waals surface area contributed by atoms with Crippen LogP contribution in [0, 0.1) is 0 Å². The summed E-state index contributed by atoms with van der Waals surface area (Å²) in [4.78, 5) is 60.6. The number of benzene rings is 1. The summed E-state index contributed by atoms with van der Waals surface area (Å²) in [5.41, 5.74) is 2.02. The van der Waals surface area contributed by atoms with Gasteiger partial charge in [-0.05, 0) is 109 Å². The summed E-state index contributed by atoms with van der Waals surface area (Å²) >= 11 is 1.40. The largest absolute Gasteiger partial charge is 0.497 e. The second-order valence-electron chi connectivity index (χ2n) is 16.0. The lowest BCUT2D eigenvalue weighted by molar-refractivity contribution is -0.138. The average Bonchev–Trinajstić information content (AvgIpc) is 4.07. The highest BCUT2D eigenvalue weighted by molar-refractivity contribution is 7.99. The van der Waals surface area contributed by atoms with Crippen LogP contribution in [0.25, 0.3) is 10.9 Å². The van der Waals surface area contributed by atoms with Crippen LogP contribution in [0.3, 0.4) is 0 Å². The summed E-state index contributed by atoms with van der Waals surface area (Å²) in [5, 5.41) is 6.46.